The Morgan fingerprint density at radius 1 is 1.33 bits per heavy atom. The second-order valence-corrected chi connectivity index (χ2v) is 5.77. The third kappa shape index (κ3) is 4.93. The van der Waals surface area contributed by atoms with Crippen molar-refractivity contribution in [3.05, 3.63) is 33.8 Å². The molecule has 0 aliphatic carbocycles. The monoisotopic (exact) mass is 327 g/mol. The fraction of sp³-hybridized carbons (Fsp3) is 0.429. The van der Waals surface area contributed by atoms with Crippen LogP contribution in [0.4, 0.5) is 0 Å². The van der Waals surface area contributed by atoms with Crippen LogP contribution in [0.5, 0.6) is 10.9 Å². The van der Waals surface area contributed by atoms with Gasteiger partial charge in [0.2, 0.25) is 0 Å². The molecule has 0 saturated heterocycles. The lowest BCUT2D eigenvalue weighted by Gasteiger charge is -2.05. The molecule has 0 fully saturated rings. The smallest absolute Gasteiger partial charge is 0.299 e. The van der Waals surface area contributed by atoms with Crippen molar-refractivity contribution in [3.8, 4) is 10.9 Å². The Morgan fingerprint density at radius 2 is 2.19 bits per heavy atom. The van der Waals surface area contributed by atoms with Crippen LogP contribution in [0, 0.1) is 0 Å². The van der Waals surface area contributed by atoms with Gasteiger partial charge in [0.25, 0.3) is 5.19 Å². The van der Waals surface area contributed by atoms with E-state index in [2.05, 4.69) is 22.4 Å². The van der Waals surface area contributed by atoms with E-state index in [4.69, 9.17) is 21.1 Å². The van der Waals surface area contributed by atoms with Crippen LogP contribution in [0.2, 0.25) is 5.02 Å². The number of benzene rings is 1. The summed E-state index contributed by atoms with van der Waals surface area (Å²) in [6, 6.07) is 5.60. The number of nitrogens with zero attached hydrogens (tertiary/aromatic N) is 2. The number of aromatic nitrogens is 2. The minimum atomic E-state index is 0.530. The number of halogens is 1. The molecular formula is C14H18ClN3O2S. The van der Waals surface area contributed by atoms with Gasteiger partial charge in [0, 0.05) is 25.2 Å². The Morgan fingerprint density at radius 3 is 2.95 bits per heavy atom. The summed E-state index contributed by atoms with van der Waals surface area (Å²) in [6.45, 7) is 4.17. The van der Waals surface area contributed by atoms with E-state index in [0.29, 0.717) is 18.3 Å². The normalized spacial score (nSPS) is 10.8. The Hall–Kier alpha value is -1.21. The van der Waals surface area contributed by atoms with Gasteiger partial charge in [0.15, 0.2) is 0 Å². The van der Waals surface area contributed by atoms with Gasteiger partial charge in [0.1, 0.15) is 10.8 Å². The van der Waals surface area contributed by atoms with E-state index < -0.39 is 0 Å². The average molecular weight is 328 g/mol. The highest BCUT2D eigenvalue weighted by molar-refractivity contribution is 7.13. The maximum absolute atomic E-state index is 6.09. The van der Waals surface area contributed by atoms with E-state index in [0.717, 1.165) is 34.3 Å². The van der Waals surface area contributed by atoms with E-state index in [1.807, 2.05) is 18.2 Å². The number of rotatable bonds is 8. The first-order valence-electron chi connectivity index (χ1n) is 6.71. The van der Waals surface area contributed by atoms with Gasteiger partial charge < -0.3 is 14.8 Å². The van der Waals surface area contributed by atoms with Gasteiger partial charge in [-0.3, -0.25) is 0 Å². The van der Waals surface area contributed by atoms with Crippen LogP contribution in [-0.4, -0.2) is 30.5 Å². The first kappa shape index (κ1) is 16.2. The molecule has 2 aromatic rings. The van der Waals surface area contributed by atoms with Gasteiger partial charge in [-0.1, -0.05) is 35.0 Å². The van der Waals surface area contributed by atoms with Crippen LogP contribution in [-0.2, 0) is 17.7 Å². The van der Waals surface area contributed by atoms with Crippen LogP contribution >= 0.6 is 22.9 Å². The lowest BCUT2D eigenvalue weighted by atomic mass is 10.2. The van der Waals surface area contributed by atoms with Crippen molar-refractivity contribution in [3.63, 3.8) is 0 Å². The SMILES string of the molecule is CCc1cc(Oc2nnc(CNCCOC)s2)ccc1Cl. The summed E-state index contributed by atoms with van der Waals surface area (Å²) >= 11 is 7.51. The molecule has 114 valence electrons. The van der Waals surface area contributed by atoms with Gasteiger partial charge in [-0.15, -0.1) is 5.10 Å². The molecule has 0 radical (unpaired) electrons. The molecule has 1 aromatic heterocycles. The largest absolute Gasteiger partial charge is 0.430 e. The number of hydrogen-bond donors (Lipinski definition) is 1. The number of hydrogen-bond acceptors (Lipinski definition) is 6. The molecule has 0 atom stereocenters. The summed E-state index contributed by atoms with van der Waals surface area (Å²) in [5.41, 5.74) is 1.06. The standard InChI is InChI=1S/C14H18ClN3O2S/c1-3-10-8-11(4-5-12(10)15)20-14-18-17-13(21-14)9-16-6-7-19-2/h4-5,8,16H,3,6-7,9H2,1-2H3. The third-order valence-corrected chi connectivity index (χ3v) is 3.98. The molecule has 2 rings (SSSR count). The van der Waals surface area contributed by atoms with Gasteiger partial charge >= 0.3 is 0 Å². The molecule has 0 aliphatic heterocycles. The van der Waals surface area contributed by atoms with E-state index in [1.165, 1.54) is 11.3 Å². The Labute approximate surface area is 133 Å². The molecule has 0 saturated carbocycles. The van der Waals surface area contributed by atoms with E-state index in [9.17, 15) is 0 Å². The Bertz CT molecular complexity index is 577. The minimum absolute atomic E-state index is 0.530. The second kappa shape index (κ2) is 8.29. The first-order valence-corrected chi connectivity index (χ1v) is 7.90. The molecular weight excluding hydrogens is 310 g/mol. The number of methoxy groups -OCH3 is 1. The zero-order chi connectivity index (χ0) is 15.1. The molecule has 1 N–H and O–H groups in total. The molecule has 1 aromatic carbocycles. The summed E-state index contributed by atoms with van der Waals surface area (Å²) in [4.78, 5) is 0. The highest BCUT2D eigenvalue weighted by Crippen LogP contribution is 2.28. The fourth-order valence-corrected chi connectivity index (χ4v) is 2.63. The van der Waals surface area contributed by atoms with Gasteiger partial charge in [-0.05, 0) is 30.2 Å². The number of aryl methyl sites for hydroxylation is 1. The maximum atomic E-state index is 6.09. The molecule has 5 nitrogen and oxygen atoms in total. The van der Waals surface area contributed by atoms with Crippen molar-refractivity contribution in [1.29, 1.82) is 0 Å². The summed E-state index contributed by atoms with van der Waals surface area (Å²) in [5, 5.41) is 13.5. The lowest BCUT2D eigenvalue weighted by molar-refractivity contribution is 0.199. The van der Waals surface area contributed by atoms with Gasteiger partial charge in [-0.2, -0.15) is 0 Å². The van der Waals surface area contributed by atoms with Crippen LogP contribution in [0.25, 0.3) is 0 Å². The van der Waals surface area contributed by atoms with Crippen molar-refractivity contribution in [2.24, 2.45) is 0 Å². The number of nitrogens with one attached hydrogen (secondary N) is 1. The van der Waals surface area contributed by atoms with Crippen molar-refractivity contribution >= 4 is 22.9 Å². The summed E-state index contributed by atoms with van der Waals surface area (Å²) in [7, 11) is 1.68. The molecule has 0 bridgehead atoms. The molecule has 7 heteroatoms. The summed E-state index contributed by atoms with van der Waals surface area (Å²) < 4.78 is 10.7. The summed E-state index contributed by atoms with van der Waals surface area (Å²) in [5.74, 6) is 0.728. The van der Waals surface area contributed by atoms with Crippen LogP contribution in [0.3, 0.4) is 0 Å². The molecule has 0 spiro atoms. The molecule has 0 unspecified atom stereocenters. The lowest BCUT2D eigenvalue weighted by Crippen LogP contribution is -2.18. The molecule has 0 aliphatic rings. The van der Waals surface area contributed by atoms with Crippen molar-refractivity contribution in [2.75, 3.05) is 20.3 Å². The van der Waals surface area contributed by atoms with Gasteiger partial charge in [0.05, 0.1) is 6.61 Å². The molecule has 21 heavy (non-hydrogen) atoms. The van der Waals surface area contributed by atoms with Crippen LogP contribution < -0.4 is 10.1 Å². The molecule has 0 amide bonds. The Balaban J connectivity index is 1.92. The Kier molecular flexibility index (Phi) is 6.38. The maximum Gasteiger partial charge on any atom is 0.299 e. The summed E-state index contributed by atoms with van der Waals surface area (Å²) in [6.07, 6.45) is 0.862. The first-order chi connectivity index (χ1) is 10.2. The fourth-order valence-electron chi connectivity index (χ4n) is 1.71. The van der Waals surface area contributed by atoms with Crippen molar-refractivity contribution in [1.82, 2.24) is 15.5 Å². The highest BCUT2D eigenvalue weighted by Gasteiger charge is 2.07. The zero-order valence-electron chi connectivity index (χ0n) is 12.1. The topological polar surface area (TPSA) is 56.3 Å². The quantitative estimate of drug-likeness (QED) is 0.754. The molecule has 1 heterocycles. The zero-order valence-corrected chi connectivity index (χ0v) is 13.6. The van der Waals surface area contributed by atoms with Crippen molar-refractivity contribution in [2.45, 2.75) is 19.9 Å². The second-order valence-electron chi connectivity index (χ2n) is 4.34. The highest BCUT2D eigenvalue weighted by atomic mass is 35.5. The van der Waals surface area contributed by atoms with E-state index in [1.54, 1.807) is 7.11 Å². The minimum Gasteiger partial charge on any atom is -0.430 e. The van der Waals surface area contributed by atoms with Crippen molar-refractivity contribution < 1.29 is 9.47 Å². The van der Waals surface area contributed by atoms with Crippen LogP contribution in [0.1, 0.15) is 17.5 Å². The third-order valence-electron chi connectivity index (χ3n) is 2.81. The van der Waals surface area contributed by atoms with Crippen LogP contribution in [0.15, 0.2) is 18.2 Å². The van der Waals surface area contributed by atoms with E-state index >= 15 is 0 Å². The predicted octanol–water partition coefficient (Wildman–Crippen LogP) is 3.28. The van der Waals surface area contributed by atoms with E-state index in [-0.39, 0.29) is 0 Å². The van der Waals surface area contributed by atoms with Gasteiger partial charge in [-0.25, -0.2) is 0 Å². The number of ether oxygens (including phenoxy) is 2. The predicted molar refractivity (Wildman–Crippen MR) is 84.4 cm³/mol. The average Bonchev–Trinajstić information content (AvgIpc) is 2.93.